The molecule has 0 radical (unpaired) electrons. The van der Waals surface area contributed by atoms with Crippen molar-refractivity contribution < 1.29 is 9.59 Å². The van der Waals surface area contributed by atoms with E-state index in [1.54, 1.807) is 28.7 Å². The van der Waals surface area contributed by atoms with Gasteiger partial charge in [0.05, 0.1) is 0 Å². The molecule has 0 saturated carbocycles. The highest BCUT2D eigenvalue weighted by Gasteiger charge is 2.44. The molecule has 2 aliphatic rings. The van der Waals surface area contributed by atoms with E-state index < -0.39 is 6.04 Å². The fourth-order valence-corrected chi connectivity index (χ4v) is 4.62. The minimum Gasteiger partial charge on any atom is -0.350 e. The number of nitrogens with one attached hydrogen (secondary N) is 1. The van der Waals surface area contributed by atoms with Gasteiger partial charge in [-0.3, -0.25) is 23.9 Å². The Morgan fingerprint density at radius 2 is 2.03 bits per heavy atom. The smallest absolute Gasteiger partial charge is 0.251 e. The summed E-state index contributed by atoms with van der Waals surface area (Å²) in [6.07, 6.45) is 2.56. The number of likely N-dealkylation sites (tertiary alicyclic amines) is 1. The van der Waals surface area contributed by atoms with Crippen LogP contribution in [0.4, 0.5) is 0 Å². The molecule has 0 spiro atoms. The Hall–Kier alpha value is -2.96. The molecule has 152 valence electrons. The quantitative estimate of drug-likeness (QED) is 0.859. The van der Waals surface area contributed by atoms with Crippen LogP contribution in [-0.2, 0) is 16.1 Å². The van der Waals surface area contributed by atoms with Crippen LogP contribution < -0.4 is 10.9 Å². The zero-order chi connectivity index (χ0) is 20.7. The third kappa shape index (κ3) is 3.57. The van der Waals surface area contributed by atoms with E-state index in [2.05, 4.69) is 10.3 Å². The van der Waals surface area contributed by atoms with E-state index in [0.29, 0.717) is 19.6 Å². The predicted molar refractivity (Wildman–Crippen MR) is 108 cm³/mol. The highest BCUT2D eigenvalue weighted by molar-refractivity contribution is 5.81. The van der Waals surface area contributed by atoms with E-state index >= 15 is 0 Å². The standard InChI is InChI=1S/C22H26N4O3/c1-13-7-16(9-23-14(13)2)10-24-22(29)21-18-8-17(11-25(12-18)15(3)27)19-5-4-6-20(28)26(19)21/h4-7,9,17-18,21H,8,10-12H2,1-3H3,(H,24,29)/t17-,18+,21-/m1/s1. The Morgan fingerprint density at radius 1 is 1.24 bits per heavy atom. The molecule has 2 aromatic heterocycles. The number of nitrogens with zero attached hydrogens (tertiary/aromatic N) is 3. The highest BCUT2D eigenvalue weighted by Crippen LogP contribution is 2.41. The average Bonchev–Trinajstić information content (AvgIpc) is 2.69. The lowest BCUT2D eigenvalue weighted by atomic mass is 9.78. The normalized spacial score (nSPS) is 22.7. The lowest BCUT2D eigenvalue weighted by Gasteiger charge is -2.46. The van der Waals surface area contributed by atoms with E-state index in [9.17, 15) is 14.4 Å². The molecule has 1 saturated heterocycles. The van der Waals surface area contributed by atoms with Crippen LogP contribution in [-0.4, -0.2) is 39.4 Å². The molecule has 3 atom stereocenters. The van der Waals surface area contributed by atoms with Crippen molar-refractivity contribution in [3.05, 3.63) is 63.3 Å². The van der Waals surface area contributed by atoms with Crippen LogP contribution in [0, 0.1) is 19.8 Å². The molecule has 0 unspecified atom stereocenters. The monoisotopic (exact) mass is 394 g/mol. The lowest BCUT2D eigenvalue weighted by molar-refractivity contribution is -0.135. The van der Waals surface area contributed by atoms with Gasteiger partial charge in [0, 0.05) is 62.0 Å². The third-order valence-electron chi connectivity index (χ3n) is 6.22. The summed E-state index contributed by atoms with van der Waals surface area (Å²) >= 11 is 0. The SMILES string of the molecule is CC(=O)N1C[C@H]2C[C@@H](C1)[C@H](C(=O)NCc1cnc(C)c(C)c1)n1c2cccc1=O. The van der Waals surface area contributed by atoms with Crippen LogP contribution in [0.25, 0.3) is 0 Å². The molecule has 2 aromatic rings. The molecule has 7 nitrogen and oxygen atoms in total. The highest BCUT2D eigenvalue weighted by atomic mass is 16.2. The lowest BCUT2D eigenvalue weighted by Crippen LogP contribution is -2.54. The number of rotatable bonds is 3. The Labute approximate surface area is 169 Å². The third-order valence-corrected chi connectivity index (χ3v) is 6.22. The van der Waals surface area contributed by atoms with Crippen molar-refractivity contribution >= 4 is 11.8 Å². The van der Waals surface area contributed by atoms with Gasteiger partial charge in [-0.1, -0.05) is 12.1 Å². The van der Waals surface area contributed by atoms with Crippen molar-refractivity contribution in [1.82, 2.24) is 19.8 Å². The number of carbonyl (C=O) groups is 2. The molecule has 2 amide bonds. The molecule has 1 N–H and O–H groups in total. The summed E-state index contributed by atoms with van der Waals surface area (Å²) in [6.45, 7) is 6.94. The maximum Gasteiger partial charge on any atom is 0.251 e. The Balaban J connectivity index is 1.63. The van der Waals surface area contributed by atoms with Crippen LogP contribution >= 0.6 is 0 Å². The molecule has 0 aromatic carbocycles. The zero-order valence-electron chi connectivity index (χ0n) is 17.0. The minimum atomic E-state index is -0.614. The molecule has 4 rings (SSSR count). The predicted octanol–water partition coefficient (Wildman–Crippen LogP) is 1.68. The molecule has 29 heavy (non-hydrogen) atoms. The van der Waals surface area contributed by atoms with Gasteiger partial charge in [0.25, 0.3) is 5.56 Å². The van der Waals surface area contributed by atoms with E-state index in [1.807, 2.05) is 26.0 Å². The zero-order valence-corrected chi connectivity index (χ0v) is 17.0. The molecule has 1 fully saturated rings. The molecule has 4 heterocycles. The fraction of sp³-hybridized carbons (Fsp3) is 0.455. The summed E-state index contributed by atoms with van der Waals surface area (Å²) in [7, 11) is 0. The summed E-state index contributed by atoms with van der Waals surface area (Å²) in [5, 5.41) is 2.99. The van der Waals surface area contributed by atoms with Gasteiger partial charge >= 0.3 is 0 Å². The second-order valence-corrected chi connectivity index (χ2v) is 8.18. The van der Waals surface area contributed by atoms with Crippen LogP contribution in [0.2, 0.25) is 0 Å². The van der Waals surface area contributed by atoms with Crippen molar-refractivity contribution in [1.29, 1.82) is 0 Å². The number of piperidine rings is 1. The van der Waals surface area contributed by atoms with Gasteiger partial charge in [0.2, 0.25) is 11.8 Å². The molecule has 0 aliphatic carbocycles. The summed E-state index contributed by atoms with van der Waals surface area (Å²) in [5.74, 6) is -0.180. The Morgan fingerprint density at radius 3 is 2.76 bits per heavy atom. The summed E-state index contributed by atoms with van der Waals surface area (Å²) in [4.78, 5) is 44.0. The maximum atomic E-state index is 13.2. The number of fused-ring (bicyclic) bond motifs is 4. The number of amides is 2. The Kier molecular flexibility index (Phi) is 4.98. The van der Waals surface area contributed by atoms with Crippen molar-refractivity contribution in [2.75, 3.05) is 13.1 Å². The summed E-state index contributed by atoms with van der Waals surface area (Å²) < 4.78 is 1.64. The van der Waals surface area contributed by atoms with E-state index in [-0.39, 0.29) is 29.2 Å². The number of pyridine rings is 2. The van der Waals surface area contributed by atoms with Gasteiger partial charge in [-0.25, -0.2) is 0 Å². The first-order valence-electron chi connectivity index (χ1n) is 10.0. The number of aromatic nitrogens is 2. The summed E-state index contributed by atoms with van der Waals surface area (Å²) in [5.41, 5.74) is 3.63. The molecular formula is C22H26N4O3. The topological polar surface area (TPSA) is 84.3 Å². The van der Waals surface area contributed by atoms with Gasteiger partial charge in [0.15, 0.2) is 0 Å². The van der Waals surface area contributed by atoms with Crippen LogP contribution in [0.5, 0.6) is 0 Å². The number of hydrogen-bond donors (Lipinski definition) is 1. The molecule has 7 heteroatoms. The number of hydrogen-bond acceptors (Lipinski definition) is 4. The Bertz CT molecular complexity index is 1030. The van der Waals surface area contributed by atoms with E-state index in [1.165, 1.54) is 6.07 Å². The largest absolute Gasteiger partial charge is 0.350 e. The van der Waals surface area contributed by atoms with Gasteiger partial charge < -0.3 is 10.2 Å². The van der Waals surface area contributed by atoms with Crippen LogP contribution in [0.3, 0.4) is 0 Å². The van der Waals surface area contributed by atoms with Crippen molar-refractivity contribution in [3.8, 4) is 0 Å². The minimum absolute atomic E-state index is 0.00629. The fourth-order valence-electron chi connectivity index (χ4n) is 4.62. The molecule has 2 bridgehead atoms. The maximum absolute atomic E-state index is 13.2. The van der Waals surface area contributed by atoms with E-state index in [4.69, 9.17) is 0 Å². The van der Waals surface area contributed by atoms with Crippen molar-refractivity contribution in [2.24, 2.45) is 5.92 Å². The van der Waals surface area contributed by atoms with Crippen molar-refractivity contribution in [3.63, 3.8) is 0 Å². The van der Waals surface area contributed by atoms with Crippen LogP contribution in [0.1, 0.15) is 47.8 Å². The summed E-state index contributed by atoms with van der Waals surface area (Å²) in [6, 6.07) is 6.53. The first-order chi connectivity index (χ1) is 13.8. The number of aryl methyl sites for hydroxylation is 2. The van der Waals surface area contributed by atoms with Gasteiger partial charge in [0.1, 0.15) is 6.04 Å². The van der Waals surface area contributed by atoms with Gasteiger partial charge in [-0.2, -0.15) is 0 Å². The second-order valence-electron chi connectivity index (χ2n) is 8.18. The van der Waals surface area contributed by atoms with Gasteiger partial charge in [-0.05, 0) is 37.5 Å². The van der Waals surface area contributed by atoms with Gasteiger partial charge in [-0.15, -0.1) is 0 Å². The van der Waals surface area contributed by atoms with Crippen molar-refractivity contribution in [2.45, 2.75) is 45.7 Å². The average molecular weight is 394 g/mol. The first-order valence-corrected chi connectivity index (χ1v) is 10.0. The van der Waals surface area contributed by atoms with Crippen LogP contribution in [0.15, 0.2) is 35.3 Å². The number of carbonyl (C=O) groups excluding carboxylic acids is 2. The molecular weight excluding hydrogens is 368 g/mol. The first kappa shape index (κ1) is 19.4. The molecule has 2 aliphatic heterocycles. The second kappa shape index (κ2) is 7.46. The van der Waals surface area contributed by atoms with E-state index in [0.717, 1.165) is 28.9 Å².